The van der Waals surface area contributed by atoms with Crippen LogP contribution in [0.5, 0.6) is 0 Å². The summed E-state index contributed by atoms with van der Waals surface area (Å²) in [7, 11) is 0. The molecule has 1 fully saturated rings. The molecule has 2 atom stereocenters. The highest BCUT2D eigenvalue weighted by molar-refractivity contribution is 7.99. The Labute approximate surface area is 258 Å². The number of nitro groups is 1. The first-order valence-corrected chi connectivity index (χ1v) is 15.0. The van der Waals surface area contributed by atoms with Crippen molar-refractivity contribution in [3.05, 3.63) is 155 Å². The Bertz CT molecular complexity index is 1940. The van der Waals surface area contributed by atoms with E-state index in [0.29, 0.717) is 5.11 Å². The highest BCUT2D eigenvalue weighted by Crippen LogP contribution is 2.43. The van der Waals surface area contributed by atoms with E-state index < -0.39 is 0 Å². The number of hydrogen-bond acceptors (Lipinski definition) is 5. The van der Waals surface area contributed by atoms with Crippen molar-refractivity contribution in [1.82, 2.24) is 14.9 Å². The lowest BCUT2D eigenvalue weighted by molar-refractivity contribution is -0.384. The minimum absolute atomic E-state index is 0.0803. The molecule has 0 amide bonds. The van der Waals surface area contributed by atoms with Crippen LogP contribution in [0.3, 0.4) is 0 Å². The van der Waals surface area contributed by atoms with Gasteiger partial charge in [-0.1, -0.05) is 48.2 Å². The Balaban J connectivity index is 1.25. The molecule has 2 aromatic heterocycles. The van der Waals surface area contributed by atoms with Crippen LogP contribution in [0.2, 0.25) is 0 Å². The summed E-state index contributed by atoms with van der Waals surface area (Å²) in [5.74, 6) is 0. The minimum atomic E-state index is -0.388. The number of nitrogens with zero attached hydrogens (tertiary/aromatic N) is 4. The van der Waals surface area contributed by atoms with Gasteiger partial charge in [-0.05, 0) is 95.8 Å². The fraction of sp³-hybridized carbons (Fsp3) is 0.0588. The molecule has 7 rings (SSSR count). The Hall–Kier alpha value is -4.99. The number of non-ortho nitro benzene ring substituents is 1. The molecule has 0 spiro atoms. The van der Waals surface area contributed by atoms with Crippen LogP contribution in [-0.4, -0.2) is 19.6 Å². The first-order chi connectivity index (χ1) is 21.0. The van der Waals surface area contributed by atoms with Gasteiger partial charge in [0.1, 0.15) is 6.04 Å². The molecule has 2 unspecified atom stereocenters. The fourth-order valence-electron chi connectivity index (χ4n) is 5.58. The van der Waals surface area contributed by atoms with Gasteiger partial charge < -0.3 is 14.8 Å². The van der Waals surface area contributed by atoms with Gasteiger partial charge in [-0.3, -0.25) is 15.1 Å². The second-order valence-electron chi connectivity index (χ2n) is 10.2. The first-order valence-electron chi connectivity index (χ1n) is 13.7. The summed E-state index contributed by atoms with van der Waals surface area (Å²) in [6, 6.07) is 39.6. The molecule has 6 aromatic rings. The number of thiocarbonyl (C=S) groups is 1. The number of hydrogen-bond donors (Lipinski definition) is 1. The zero-order valence-corrected chi connectivity index (χ0v) is 24.4. The molecule has 0 aliphatic carbocycles. The van der Waals surface area contributed by atoms with Gasteiger partial charge in [0.05, 0.1) is 16.7 Å². The molecular weight excluding hydrogens is 575 g/mol. The summed E-state index contributed by atoms with van der Waals surface area (Å²) < 4.78 is 2.23. The number of benzene rings is 4. The van der Waals surface area contributed by atoms with Gasteiger partial charge in [0.15, 0.2) is 5.11 Å². The molecule has 210 valence electrons. The molecule has 9 heteroatoms. The van der Waals surface area contributed by atoms with Crippen LogP contribution in [-0.2, 0) is 0 Å². The molecule has 3 heterocycles. The lowest BCUT2D eigenvalue weighted by atomic mass is 10.0. The van der Waals surface area contributed by atoms with Gasteiger partial charge in [0.25, 0.3) is 5.69 Å². The van der Waals surface area contributed by atoms with E-state index in [9.17, 15) is 10.1 Å². The van der Waals surface area contributed by atoms with Crippen molar-refractivity contribution < 1.29 is 4.92 Å². The predicted molar refractivity (Wildman–Crippen MR) is 175 cm³/mol. The van der Waals surface area contributed by atoms with Crippen molar-refractivity contribution in [1.29, 1.82) is 0 Å². The smallest absolute Gasteiger partial charge is 0.269 e. The molecule has 1 aliphatic rings. The highest BCUT2D eigenvalue weighted by atomic mass is 32.2. The lowest BCUT2D eigenvalue weighted by Gasteiger charge is -2.29. The van der Waals surface area contributed by atoms with Crippen molar-refractivity contribution in [3.63, 3.8) is 0 Å². The number of nitrogens with one attached hydrogen (secondary N) is 1. The van der Waals surface area contributed by atoms with Gasteiger partial charge in [0.2, 0.25) is 0 Å². The SMILES string of the molecule is O=[N+]([O-])c1ccc(Sc2ccc(N3C(=S)NC(c4ccccn4)C3c3cccn3-c3ccc4ccccc4c3)cc2)cc1. The number of rotatable bonds is 7. The summed E-state index contributed by atoms with van der Waals surface area (Å²) in [6.07, 6.45) is 3.91. The van der Waals surface area contributed by atoms with E-state index in [2.05, 4.69) is 99.8 Å². The van der Waals surface area contributed by atoms with E-state index in [1.54, 1.807) is 23.9 Å². The Morgan fingerprint density at radius 2 is 1.49 bits per heavy atom. The van der Waals surface area contributed by atoms with E-state index in [4.69, 9.17) is 17.2 Å². The van der Waals surface area contributed by atoms with E-state index in [0.717, 1.165) is 32.6 Å². The normalized spacial score (nSPS) is 16.4. The Morgan fingerprint density at radius 3 is 2.21 bits per heavy atom. The van der Waals surface area contributed by atoms with E-state index in [1.165, 1.54) is 22.9 Å². The third kappa shape index (κ3) is 5.24. The number of nitro benzene ring substituents is 1. The number of aromatic nitrogens is 2. The molecule has 1 aliphatic heterocycles. The molecule has 1 saturated heterocycles. The Kier molecular flexibility index (Phi) is 7.10. The van der Waals surface area contributed by atoms with Crippen LogP contribution in [0.15, 0.2) is 144 Å². The largest absolute Gasteiger partial charge is 0.351 e. The van der Waals surface area contributed by atoms with Crippen molar-refractivity contribution >= 4 is 51.2 Å². The average Bonchev–Trinajstić information content (AvgIpc) is 3.66. The summed E-state index contributed by atoms with van der Waals surface area (Å²) in [5.41, 5.74) is 4.11. The quantitative estimate of drug-likeness (QED) is 0.112. The maximum atomic E-state index is 11.0. The predicted octanol–water partition coefficient (Wildman–Crippen LogP) is 8.26. The molecule has 0 saturated carbocycles. The number of anilines is 1. The monoisotopic (exact) mass is 599 g/mol. The zero-order valence-electron chi connectivity index (χ0n) is 22.8. The third-order valence-corrected chi connectivity index (χ3v) is 8.92. The molecule has 1 N–H and O–H groups in total. The summed E-state index contributed by atoms with van der Waals surface area (Å²) in [4.78, 5) is 19.4. The lowest BCUT2D eigenvalue weighted by Crippen LogP contribution is -2.30. The van der Waals surface area contributed by atoms with Crippen LogP contribution >= 0.6 is 24.0 Å². The van der Waals surface area contributed by atoms with E-state index in [-0.39, 0.29) is 22.7 Å². The topological polar surface area (TPSA) is 76.2 Å². The van der Waals surface area contributed by atoms with Crippen LogP contribution in [0.25, 0.3) is 16.5 Å². The molecule has 7 nitrogen and oxygen atoms in total. The second-order valence-corrected chi connectivity index (χ2v) is 11.7. The van der Waals surface area contributed by atoms with Crippen LogP contribution in [0, 0.1) is 10.1 Å². The maximum absolute atomic E-state index is 11.0. The van der Waals surface area contributed by atoms with Crippen LogP contribution in [0.1, 0.15) is 23.5 Å². The average molecular weight is 600 g/mol. The molecule has 4 aromatic carbocycles. The van der Waals surface area contributed by atoms with Gasteiger partial charge in [-0.15, -0.1) is 0 Å². The van der Waals surface area contributed by atoms with Gasteiger partial charge in [-0.2, -0.15) is 0 Å². The van der Waals surface area contributed by atoms with Crippen molar-refractivity contribution in [2.75, 3.05) is 4.90 Å². The third-order valence-electron chi connectivity index (χ3n) is 7.59. The summed E-state index contributed by atoms with van der Waals surface area (Å²) in [6.45, 7) is 0. The zero-order chi connectivity index (χ0) is 29.3. The first kappa shape index (κ1) is 26.9. The van der Waals surface area contributed by atoms with Gasteiger partial charge >= 0.3 is 0 Å². The summed E-state index contributed by atoms with van der Waals surface area (Å²) >= 11 is 7.52. The maximum Gasteiger partial charge on any atom is 0.269 e. The van der Waals surface area contributed by atoms with Gasteiger partial charge in [-0.25, -0.2) is 0 Å². The summed E-state index contributed by atoms with van der Waals surface area (Å²) in [5, 5.41) is 17.6. The Morgan fingerprint density at radius 1 is 0.791 bits per heavy atom. The van der Waals surface area contributed by atoms with Crippen molar-refractivity contribution in [2.24, 2.45) is 0 Å². The molecule has 0 radical (unpaired) electrons. The fourth-order valence-corrected chi connectivity index (χ4v) is 6.74. The van der Waals surface area contributed by atoms with Crippen LogP contribution < -0.4 is 10.2 Å². The second kappa shape index (κ2) is 11.4. The van der Waals surface area contributed by atoms with E-state index in [1.807, 2.05) is 24.4 Å². The van der Waals surface area contributed by atoms with Crippen LogP contribution in [0.4, 0.5) is 11.4 Å². The number of pyridine rings is 1. The standard InChI is InChI=1S/C34H25N5O2S2/c40-39(41)26-14-18-29(19-15-26)43-28-16-12-25(13-17-28)38-33(32(36-34(38)42)30-8-3-4-20-35-30)31-9-5-21-37(31)27-11-10-23-6-1-2-7-24(23)22-27/h1-22,32-33H,(H,36,42). The van der Waals surface area contributed by atoms with Crippen molar-refractivity contribution in [3.8, 4) is 5.69 Å². The molecule has 0 bridgehead atoms. The van der Waals surface area contributed by atoms with E-state index >= 15 is 0 Å². The minimum Gasteiger partial charge on any atom is -0.351 e. The van der Waals surface area contributed by atoms with Gasteiger partial charge in [0, 0.05) is 51.4 Å². The molecule has 43 heavy (non-hydrogen) atoms. The molecular formula is C34H25N5O2S2. The van der Waals surface area contributed by atoms with Crippen molar-refractivity contribution in [2.45, 2.75) is 21.9 Å². The highest BCUT2D eigenvalue weighted by Gasteiger charge is 2.42. The number of fused-ring (bicyclic) bond motifs is 1.